The summed E-state index contributed by atoms with van der Waals surface area (Å²) < 4.78 is 1.62. The van der Waals surface area contributed by atoms with E-state index in [9.17, 15) is 9.90 Å². The molecule has 1 saturated carbocycles. The smallest absolute Gasteiger partial charge is 0.326 e. The fourth-order valence-corrected chi connectivity index (χ4v) is 3.62. The minimum Gasteiger partial charge on any atom is -0.493 e. The lowest BCUT2D eigenvalue weighted by molar-refractivity contribution is 0.409. The molecule has 29 heavy (non-hydrogen) atoms. The monoisotopic (exact) mass is 397 g/mol. The number of rotatable bonds is 4. The van der Waals surface area contributed by atoms with E-state index in [1.807, 2.05) is 7.05 Å². The third kappa shape index (κ3) is 3.37. The Kier molecular flexibility index (Phi) is 4.12. The Bertz CT molecular complexity index is 1240. The lowest BCUT2D eigenvalue weighted by Crippen LogP contribution is -2.37. The Hall–Kier alpha value is -3.21. The molecule has 0 spiro atoms. The van der Waals surface area contributed by atoms with Gasteiger partial charge in [0.1, 0.15) is 5.69 Å². The Morgan fingerprint density at radius 3 is 2.79 bits per heavy atom. The zero-order chi connectivity index (χ0) is 20.1. The van der Waals surface area contributed by atoms with Crippen LogP contribution in [0.3, 0.4) is 0 Å². The molecule has 3 aromatic rings. The van der Waals surface area contributed by atoms with Gasteiger partial charge in [0, 0.05) is 24.9 Å². The van der Waals surface area contributed by atoms with Crippen LogP contribution < -0.4 is 21.4 Å². The van der Waals surface area contributed by atoms with Gasteiger partial charge in [0.15, 0.2) is 5.65 Å². The van der Waals surface area contributed by atoms with Crippen LogP contribution in [0, 0.1) is 0 Å². The number of fused-ring (bicyclic) bond motifs is 1. The van der Waals surface area contributed by atoms with Crippen molar-refractivity contribution in [3.63, 3.8) is 0 Å². The number of aromatic hydroxyl groups is 1. The third-order valence-electron chi connectivity index (χ3n) is 5.48. The summed E-state index contributed by atoms with van der Waals surface area (Å²) in [5, 5.41) is 14.9. The highest BCUT2D eigenvalue weighted by Crippen LogP contribution is 2.22. The number of imidazole rings is 1. The molecule has 5 rings (SSSR count). The molecule has 1 aliphatic carbocycles. The van der Waals surface area contributed by atoms with Crippen molar-refractivity contribution in [2.24, 2.45) is 4.99 Å². The number of anilines is 1. The van der Waals surface area contributed by atoms with Gasteiger partial charge in [-0.15, -0.1) is 0 Å². The Morgan fingerprint density at radius 2 is 2.14 bits per heavy atom. The SMILES string of the molecule is CN1CCC(N(C)c2nc(=NC3CC3)n3nc/c(=C\c4[nH]c(=O)[nH]c4O)c3n2)C1. The maximum Gasteiger partial charge on any atom is 0.326 e. The van der Waals surface area contributed by atoms with Crippen LogP contribution in [-0.4, -0.2) is 78.8 Å². The molecular weight excluding hydrogens is 374 g/mol. The maximum absolute atomic E-state index is 11.4. The van der Waals surface area contributed by atoms with E-state index in [4.69, 9.17) is 15.0 Å². The number of nitrogens with zero attached hydrogens (tertiary/aromatic N) is 7. The molecule has 4 heterocycles. The van der Waals surface area contributed by atoms with Crippen LogP contribution in [0.2, 0.25) is 0 Å². The third-order valence-corrected chi connectivity index (χ3v) is 5.48. The van der Waals surface area contributed by atoms with E-state index in [1.165, 1.54) is 0 Å². The predicted molar refractivity (Wildman–Crippen MR) is 106 cm³/mol. The molecule has 1 saturated heterocycles. The van der Waals surface area contributed by atoms with Crippen molar-refractivity contribution in [3.05, 3.63) is 33.2 Å². The average molecular weight is 397 g/mol. The van der Waals surface area contributed by atoms with Gasteiger partial charge < -0.3 is 19.9 Å². The van der Waals surface area contributed by atoms with E-state index in [0.29, 0.717) is 28.5 Å². The van der Waals surface area contributed by atoms with Gasteiger partial charge in [-0.05, 0) is 38.9 Å². The van der Waals surface area contributed by atoms with Gasteiger partial charge in [0.05, 0.1) is 12.2 Å². The van der Waals surface area contributed by atoms with E-state index < -0.39 is 5.69 Å². The summed E-state index contributed by atoms with van der Waals surface area (Å²) >= 11 is 0. The molecule has 1 atom stereocenters. The summed E-state index contributed by atoms with van der Waals surface area (Å²) in [5.41, 5.74) is 0.901. The lowest BCUT2D eigenvalue weighted by atomic mass is 10.2. The van der Waals surface area contributed by atoms with Gasteiger partial charge in [-0.3, -0.25) is 4.98 Å². The summed E-state index contributed by atoms with van der Waals surface area (Å²) in [7, 11) is 4.12. The average Bonchev–Trinajstić information content (AvgIpc) is 3.09. The van der Waals surface area contributed by atoms with Crippen molar-refractivity contribution in [1.82, 2.24) is 34.4 Å². The van der Waals surface area contributed by atoms with Crippen molar-refractivity contribution in [1.29, 1.82) is 0 Å². The zero-order valence-corrected chi connectivity index (χ0v) is 16.3. The van der Waals surface area contributed by atoms with E-state index in [0.717, 1.165) is 32.4 Å². The first-order valence-corrected chi connectivity index (χ1v) is 9.72. The molecule has 3 N–H and O–H groups in total. The summed E-state index contributed by atoms with van der Waals surface area (Å²) in [4.78, 5) is 34.8. The van der Waals surface area contributed by atoms with Gasteiger partial charge in [-0.2, -0.15) is 19.6 Å². The van der Waals surface area contributed by atoms with E-state index in [2.05, 4.69) is 31.9 Å². The molecule has 152 valence electrons. The second-order valence-corrected chi connectivity index (χ2v) is 7.82. The normalized spacial score (nSPS) is 21.5. The standard InChI is InChI=1S/C18H23N9O2/c1-25-6-5-12(9-25)26(2)16-22-14-10(7-13-15(28)23-18(29)21-13)8-19-27(14)17(24-16)20-11-3-4-11/h7-8,11-12,28H,3-6,9H2,1-2H3,(H2,21,23,29)/b10-7+,20-17?. The number of hydrogen-bond acceptors (Lipinski definition) is 8. The molecule has 0 radical (unpaired) electrons. The van der Waals surface area contributed by atoms with Crippen LogP contribution in [0.4, 0.5) is 5.95 Å². The number of hydrogen-bond donors (Lipinski definition) is 3. The first kappa shape index (κ1) is 17.9. The molecule has 11 nitrogen and oxygen atoms in total. The van der Waals surface area contributed by atoms with E-state index >= 15 is 0 Å². The quantitative estimate of drug-likeness (QED) is 0.493. The molecule has 0 aromatic carbocycles. The fourth-order valence-electron chi connectivity index (χ4n) is 3.62. The summed E-state index contributed by atoms with van der Waals surface area (Å²) in [6.07, 6.45) is 6.43. The topological polar surface area (TPSA) is 131 Å². The molecule has 2 aliphatic rings. The van der Waals surface area contributed by atoms with Gasteiger partial charge in [0.2, 0.25) is 11.8 Å². The van der Waals surface area contributed by atoms with E-state index in [-0.39, 0.29) is 17.6 Å². The number of aromatic nitrogens is 6. The minimum absolute atomic E-state index is 0.224. The number of likely N-dealkylation sites (tertiary alicyclic amines) is 1. The van der Waals surface area contributed by atoms with Crippen molar-refractivity contribution in [2.45, 2.75) is 31.3 Å². The lowest BCUT2D eigenvalue weighted by Gasteiger charge is -2.24. The Morgan fingerprint density at radius 1 is 1.31 bits per heavy atom. The molecule has 1 aliphatic heterocycles. The highest BCUT2D eigenvalue weighted by Gasteiger charge is 2.26. The first-order chi connectivity index (χ1) is 14.0. The van der Waals surface area contributed by atoms with Crippen molar-refractivity contribution in [2.75, 3.05) is 32.1 Å². The van der Waals surface area contributed by atoms with Crippen LogP contribution in [0.15, 0.2) is 16.0 Å². The zero-order valence-electron chi connectivity index (χ0n) is 16.3. The fraction of sp³-hybridized carbons (Fsp3) is 0.500. The largest absolute Gasteiger partial charge is 0.493 e. The summed E-state index contributed by atoms with van der Waals surface area (Å²) in [5.74, 6) is 0.372. The second-order valence-electron chi connectivity index (χ2n) is 7.82. The molecule has 1 unspecified atom stereocenters. The van der Waals surface area contributed by atoms with Crippen molar-refractivity contribution >= 4 is 17.7 Å². The number of H-pyrrole nitrogens is 2. The number of nitrogens with one attached hydrogen (secondary N) is 2. The van der Waals surface area contributed by atoms with Crippen LogP contribution in [-0.2, 0) is 0 Å². The summed E-state index contributed by atoms with van der Waals surface area (Å²) in [6, 6.07) is 0.613. The van der Waals surface area contributed by atoms with Crippen LogP contribution in [0.5, 0.6) is 5.88 Å². The van der Waals surface area contributed by atoms with Crippen LogP contribution in [0.1, 0.15) is 25.0 Å². The summed E-state index contributed by atoms with van der Waals surface area (Å²) in [6.45, 7) is 2.00. The van der Waals surface area contributed by atoms with Gasteiger partial charge in [-0.1, -0.05) is 0 Å². The molecule has 11 heteroatoms. The number of aromatic amines is 2. The highest BCUT2D eigenvalue weighted by atomic mass is 16.3. The van der Waals surface area contributed by atoms with Gasteiger partial charge >= 0.3 is 5.69 Å². The molecule has 3 aromatic heterocycles. The van der Waals surface area contributed by atoms with Crippen molar-refractivity contribution < 1.29 is 5.11 Å². The number of likely N-dealkylation sites (N-methyl/N-ethyl adjacent to an activating group) is 2. The molecule has 2 fully saturated rings. The highest BCUT2D eigenvalue weighted by molar-refractivity contribution is 5.57. The van der Waals surface area contributed by atoms with Crippen LogP contribution in [0.25, 0.3) is 11.7 Å². The maximum atomic E-state index is 11.4. The van der Waals surface area contributed by atoms with Gasteiger partial charge in [0.25, 0.3) is 5.62 Å². The van der Waals surface area contributed by atoms with Gasteiger partial charge in [-0.25, -0.2) is 9.79 Å². The Balaban J connectivity index is 1.67. The minimum atomic E-state index is -0.477. The first-order valence-electron chi connectivity index (χ1n) is 9.72. The van der Waals surface area contributed by atoms with Crippen molar-refractivity contribution in [3.8, 4) is 5.88 Å². The molecular formula is C18H23N9O2. The second kappa shape index (κ2) is 6.69. The molecule has 0 bridgehead atoms. The Labute approximate surface area is 165 Å². The predicted octanol–water partition coefficient (Wildman–Crippen LogP) is -1.40. The van der Waals surface area contributed by atoms with Crippen LogP contribution >= 0.6 is 0 Å². The van der Waals surface area contributed by atoms with E-state index in [1.54, 1.807) is 16.8 Å². The molecule has 0 amide bonds.